The molecule has 0 saturated carbocycles. The van der Waals surface area contributed by atoms with Gasteiger partial charge in [-0.3, -0.25) is 4.79 Å². The van der Waals surface area contributed by atoms with Gasteiger partial charge in [0, 0.05) is 10.6 Å². The summed E-state index contributed by atoms with van der Waals surface area (Å²) in [6, 6.07) is 25.0. The minimum Gasteiger partial charge on any atom is -0.265 e. The number of rotatable bonds is 5. The number of benzene rings is 3. The van der Waals surface area contributed by atoms with Gasteiger partial charge >= 0.3 is 0 Å². The number of aromatic nitrogens is 2. The fraction of sp³-hybridized carbons (Fsp3) is 0.0800. The van der Waals surface area contributed by atoms with Crippen LogP contribution in [0.2, 0.25) is 5.02 Å². The molecule has 1 aromatic heterocycles. The maximum Gasteiger partial charge on any atom is 0.291 e. The molecule has 5 nitrogen and oxygen atoms in total. The fourth-order valence-corrected chi connectivity index (χ4v) is 3.30. The molecule has 0 radical (unpaired) electrons. The van der Waals surface area contributed by atoms with Gasteiger partial charge in [-0.1, -0.05) is 71.8 Å². The first-order valence-corrected chi connectivity index (χ1v) is 10.2. The molecular formula is C25H21ClN4O. The summed E-state index contributed by atoms with van der Waals surface area (Å²) in [7, 11) is 0. The van der Waals surface area contributed by atoms with Crippen molar-refractivity contribution in [2.45, 2.75) is 13.8 Å². The van der Waals surface area contributed by atoms with Crippen molar-refractivity contribution >= 4 is 23.7 Å². The van der Waals surface area contributed by atoms with Gasteiger partial charge in [-0.2, -0.15) is 10.2 Å². The summed E-state index contributed by atoms with van der Waals surface area (Å²) in [6.07, 6.45) is 1.56. The van der Waals surface area contributed by atoms with E-state index in [1.165, 1.54) is 5.56 Å². The summed E-state index contributed by atoms with van der Waals surface area (Å²) < 4.78 is 1.80. The quantitative estimate of drug-likeness (QED) is 0.333. The standard InChI is InChI=1S/C25H21ClN4O/c1-17-7-11-20(12-8-17)24-15-22(29-30(24)23-6-4-3-5-18(23)2)25(31)28-27-16-19-9-13-21(26)14-10-19/h3-16H,1-2H3,(H,28,31)/b27-16-. The van der Waals surface area contributed by atoms with Crippen molar-refractivity contribution in [3.63, 3.8) is 0 Å². The summed E-state index contributed by atoms with van der Waals surface area (Å²) in [5.41, 5.74) is 8.62. The molecule has 4 rings (SSSR count). The second-order valence-electron chi connectivity index (χ2n) is 7.23. The van der Waals surface area contributed by atoms with Crippen molar-refractivity contribution in [2.24, 2.45) is 5.10 Å². The maximum atomic E-state index is 12.7. The van der Waals surface area contributed by atoms with E-state index >= 15 is 0 Å². The lowest BCUT2D eigenvalue weighted by molar-refractivity contribution is 0.0949. The molecule has 0 fully saturated rings. The topological polar surface area (TPSA) is 59.3 Å². The van der Waals surface area contributed by atoms with Crippen LogP contribution in [0.15, 0.2) is 84.0 Å². The van der Waals surface area contributed by atoms with Gasteiger partial charge in [-0.05, 0) is 49.2 Å². The Morgan fingerprint density at radius 3 is 2.42 bits per heavy atom. The van der Waals surface area contributed by atoms with Crippen molar-refractivity contribution in [3.8, 4) is 16.9 Å². The van der Waals surface area contributed by atoms with Crippen molar-refractivity contribution < 1.29 is 4.79 Å². The van der Waals surface area contributed by atoms with Gasteiger partial charge < -0.3 is 0 Å². The zero-order valence-electron chi connectivity index (χ0n) is 17.2. The molecule has 0 aliphatic carbocycles. The third-order valence-corrected chi connectivity index (χ3v) is 5.13. The van der Waals surface area contributed by atoms with E-state index in [0.717, 1.165) is 28.1 Å². The van der Waals surface area contributed by atoms with E-state index in [9.17, 15) is 4.79 Å². The second kappa shape index (κ2) is 8.98. The van der Waals surface area contributed by atoms with Gasteiger partial charge in [-0.15, -0.1) is 0 Å². The van der Waals surface area contributed by atoms with Crippen molar-refractivity contribution in [1.29, 1.82) is 0 Å². The predicted molar refractivity (Wildman–Crippen MR) is 125 cm³/mol. The Hall–Kier alpha value is -3.70. The number of halogens is 1. The van der Waals surface area contributed by atoms with Gasteiger partial charge in [0.1, 0.15) is 0 Å². The Kier molecular flexibility index (Phi) is 5.96. The highest BCUT2D eigenvalue weighted by molar-refractivity contribution is 6.30. The van der Waals surface area contributed by atoms with Crippen LogP contribution >= 0.6 is 11.6 Å². The Morgan fingerprint density at radius 2 is 1.71 bits per heavy atom. The van der Waals surface area contributed by atoms with E-state index in [1.54, 1.807) is 29.1 Å². The Bertz CT molecular complexity index is 1240. The van der Waals surface area contributed by atoms with Crippen molar-refractivity contribution in [2.75, 3.05) is 0 Å². The van der Waals surface area contributed by atoms with Crippen molar-refractivity contribution in [3.05, 3.63) is 106 Å². The molecule has 1 amide bonds. The van der Waals surface area contributed by atoms with Gasteiger partial charge in [0.05, 0.1) is 17.6 Å². The number of para-hydroxylation sites is 1. The third-order valence-electron chi connectivity index (χ3n) is 4.88. The first-order chi connectivity index (χ1) is 15.0. The highest BCUT2D eigenvalue weighted by Gasteiger charge is 2.17. The molecule has 0 aliphatic heterocycles. The zero-order chi connectivity index (χ0) is 21.8. The fourth-order valence-electron chi connectivity index (χ4n) is 3.18. The first-order valence-electron chi connectivity index (χ1n) is 9.83. The van der Waals surface area contributed by atoms with E-state index in [2.05, 4.69) is 15.6 Å². The monoisotopic (exact) mass is 428 g/mol. The van der Waals surface area contributed by atoms with Gasteiger partial charge in [0.2, 0.25) is 0 Å². The van der Waals surface area contributed by atoms with Crippen LogP contribution in [-0.2, 0) is 0 Å². The lowest BCUT2D eigenvalue weighted by Gasteiger charge is -2.10. The molecule has 3 aromatic carbocycles. The Labute approximate surface area is 186 Å². The summed E-state index contributed by atoms with van der Waals surface area (Å²) in [4.78, 5) is 12.7. The predicted octanol–water partition coefficient (Wildman–Crippen LogP) is 5.57. The van der Waals surface area contributed by atoms with E-state index in [1.807, 2.05) is 74.5 Å². The maximum absolute atomic E-state index is 12.7. The van der Waals surface area contributed by atoms with Crippen LogP contribution in [0.4, 0.5) is 0 Å². The smallest absolute Gasteiger partial charge is 0.265 e. The molecule has 6 heteroatoms. The molecule has 0 bridgehead atoms. The Morgan fingerprint density at radius 1 is 1.00 bits per heavy atom. The number of nitrogens with one attached hydrogen (secondary N) is 1. The summed E-state index contributed by atoms with van der Waals surface area (Å²) in [5.74, 6) is -0.383. The molecule has 0 spiro atoms. The molecule has 31 heavy (non-hydrogen) atoms. The molecule has 0 saturated heterocycles. The minimum absolute atomic E-state index is 0.284. The first kappa shape index (κ1) is 20.6. The van der Waals surface area contributed by atoms with Gasteiger partial charge in [0.15, 0.2) is 5.69 Å². The number of carbonyl (C=O) groups excluding carboxylic acids is 1. The van der Waals surface area contributed by atoms with Crippen LogP contribution in [0, 0.1) is 13.8 Å². The largest absolute Gasteiger partial charge is 0.291 e. The van der Waals surface area contributed by atoms with E-state index in [0.29, 0.717) is 5.02 Å². The van der Waals surface area contributed by atoms with Gasteiger partial charge in [-0.25, -0.2) is 10.1 Å². The number of hydrazone groups is 1. The molecule has 0 aliphatic rings. The number of hydrogen-bond donors (Lipinski definition) is 1. The Balaban J connectivity index is 1.65. The summed E-state index contributed by atoms with van der Waals surface area (Å²) in [6.45, 7) is 4.06. The molecule has 0 atom stereocenters. The molecule has 4 aromatic rings. The SMILES string of the molecule is Cc1ccc(-c2cc(C(=O)N/N=C\c3ccc(Cl)cc3)nn2-c2ccccc2C)cc1. The normalized spacial score (nSPS) is 11.1. The highest BCUT2D eigenvalue weighted by atomic mass is 35.5. The average Bonchev–Trinajstić information content (AvgIpc) is 3.21. The van der Waals surface area contributed by atoms with Gasteiger partial charge in [0.25, 0.3) is 5.91 Å². The average molecular weight is 429 g/mol. The second-order valence-corrected chi connectivity index (χ2v) is 7.67. The zero-order valence-corrected chi connectivity index (χ0v) is 18.0. The number of aryl methyl sites for hydroxylation is 2. The van der Waals surface area contributed by atoms with Crippen molar-refractivity contribution in [1.82, 2.24) is 15.2 Å². The number of carbonyl (C=O) groups is 1. The molecule has 0 unspecified atom stereocenters. The third kappa shape index (κ3) is 4.73. The van der Waals surface area contributed by atoms with Crippen LogP contribution in [-0.4, -0.2) is 21.9 Å². The minimum atomic E-state index is -0.383. The van der Waals surface area contributed by atoms with Crippen LogP contribution in [0.1, 0.15) is 27.2 Å². The molecule has 154 valence electrons. The number of nitrogens with zero attached hydrogens (tertiary/aromatic N) is 3. The van der Waals surface area contributed by atoms with E-state index in [4.69, 9.17) is 11.6 Å². The van der Waals surface area contributed by atoms with Crippen LogP contribution < -0.4 is 5.43 Å². The van der Waals surface area contributed by atoms with Crippen LogP contribution in [0.25, 0.3) is 16.9 Å². The van der Waals surface area contributed by atoms with Crippen LogP contribution in [0.3, 0.4) is 0 Å². The lowest BCUT2D eigenvalue weighted by Crippen LogP contribution is -2.18. The number of amides is 1. The van der Waals surface area contributed by atoms with Crippen LogP contribution in [0.5, 0.6) is 0 Å². The molecule has 1 N–H and O–H groups in total. The van der Waals surface area contributed by atoms with E-state index < -0.39 is 0 Å². The summed E-state index contributed by atoms with van der Waals surface area (Å²) >= 11 is 5.89. The van der Waals surface area contributed by atoms with E-state index in [-0.39, 0.29) is 11.6 Å². The summed E-state index contributed by atoms with van der Waals surface area (Å²) in [5, 5.41) is 9.28. The molecule has 1 heterocycles. The lowest BCUT2D eigenvalue weighted by atomic mass is 10.1. The number of hydrogen-bond acceptors (Lipinski definition) is 3. The molecular weight excluding hydrogens is 408 g/mol. The highest BCUT2D eigenvalue weighted by Crippen LogP contribution is 2.26.